The third-order valence-corrected chi connectivity index (χ3v) is 2.18. The smallest absolute Gasteiger partial charge is 0.260 e. The van der Waals surface area contributed by atoms with Crippen LogP contribution in [0.4, 0.5) is 11.5 Å². The van der Waals surface area contributed by atoms with Gasteiger partial charge in [0.1, 0.15) is 0 Å². The van der Waals surface area contributed by atoms with Gasteiger partial charge in [-0.1, -0.05) is 0 Å². The van der Waals surface area contributed by atoms with E-state index in [1.54, 1.807) is 36.3 Å². The van der Waals surface area contributed by atoms with Gasteiger partial charge in [0.15, 0.2) is 5.82 Å². The fourth-order valence-electron chi connectivity index (χ4n) is 1.37. The molecule has 0 spiro atoms. The molecule has 7 heteroatoms. The number of hydrogen-bond donors (Lipinski definition) is 3. The Kier molecular flexibility index (Phi) is 3.01. The second-order valence-electron chi connectivity index (χ2n) is 3.39. The highest BCUT2D eigenvalue weighted by atomic mass is 16.1. The third kappa shape index (κ3) is 2.40. The first-order valence-corrected chi connectivity index (χ1v) is 4.92. The van der Waals surface area contributed by atoms with E-state index < -0.39 is 0 Å². The van der Waals surface area contributed by atoms with Crippen LogP contribution < -0.4 is 16.6 Å². The Morgan fingerprint density at radius 2 is 2.29 bits per heavy atom. The number of nitrogens with one attached hydrogen (secondary N) is 2. The number of carbonyl (C=O) groups excluding carboxylic acids is 1. The number of pyridine rings is 1. The first kappa shape index (κ1) is 11.1. The average molecular weight is 232 g/mol. The number of nitrogens with zero attached hydrogens (tertiary/aromatic N) is 3. The Morgan fingerprint density at radius 1 is 1.47 bits per heavy atom. The normalized spacial score (nSPS) is 10.0. The van der Waals surface area contributed by atoms with Crippen molar-refractivity contribution in [2.75, 3.05) is 10.7 Å². The van der Waals surface area contributed by atoms with Crippen LogP contribution in [0.1, 0.15) is 10.4 Å². The second-order valence-corrected chi connectivity index (χ2v) is 3.39. The molecule has 4 N–H and O–H groups in total. The molecule has 0 atom stereocenters. The van der Waals surface area contributed by atoms with Crippen LogP contribution in [0.2, 0.25) is 0 Å². The van der Waals surface area contributed by atoms with Crippen LogP contribution in [-0.2, 0) is 7.05 Å². The topological polar surface area (TPSA) is 97.9 Å². The van der Waals surface area contributed by atoms with Crippen molar-refractivity contribution in [3.8, 4) is 0 Å². The molecule has 2 rings (SSSR count). The van der Waals surface area contributed by atoms with Gasteiger partial charge in [0.25, 0.3) is 5.91 Å². The molecule has 0 unspecified atom stereocenters. The number of amides is 1. The first-order valence-electron chi connectivity index (χ1n) is 4.92. The Hall–Kier alpha value is -2.41. The first-order chi connectivity index (χ1) is 8.20. The van der Waals surface area contributed by atoms with Gasteiger partial charge in [-0.2, -0.15) is 5.10 Å². The number of carbonyl (C=O) groups is 1. The van der Waals surface area contributed by atoms with Gasteiger partial charge in [-0.15, -0.1) is 0 Å². The van der Waals surface area contributed by atoms with Gasteiger partial charge in [-0.05, 0) is 6.07 Å². The maximum Gasteiger partial charge on any atom is 0.260 e. The number of hydrazine groups is 1. The summed E-state index contributed by atoms with van der Waals surface area (Å²) in [6, 6.07) is 3.32. The van der Waals surface area contributed by atoms with E-state index in [1.807, 2.05) is 0 Å². The molecule has 88 valence electrons. The molecule has 0 aliphatic heterocycles. The fourth-order valence-corrected chi connectivity index (χ4v) is 1.37. The molecule has 0 aliphatic carbocycles. The van der Waals surface area contributed by atoms with Crippen LogP contribution in [0.5, 0.6) is 0 Å². The lowest BCUT2D eigenvalue weighted by Crippen LogP contribution is -2.17. The molecule has 0 bridgehead atoms. The zero-order valence-corrected chi connectivity index (χ0v) is 9.21. The lowest BCUT2D eigenvalue weighted by molar-refractivity contribution is 0.102. The van der Waals surface area contributed by atoms with Gasteiger partial charge >= 0.3 is 0 Å². The fraction of sp³-hybridized carbons (Fsp3) is 0.100. The highest BCUT2D eigenvalue weighted by molar-refractivity contribution is 6.07. The predicted molar refractivity (Wildman–Crippen MR) is 63.2 cm³/mol. The minimum Gasteiger partial charge on any atom is -0.323 e. The number of anilines is 2. The van der Waals surface area contributed by atoms with Crippen LogP contribution in [0.25, 0.3) is 0 Å². The average Bonchev–Trinajstić information content (AvgIpc) is 2.74. The minimum absolute atomic E-state index is 0.315. The van der Waals surface area contributed by atoms with E-state index in [1.165, 1.54) is 6.20 Å². The molecule has 0 saturated heterocycles. The molecule has 7 nitrogen and oxygen atoms in total. The SMILES string of the molecule is Cn1ccc(NC(=O)c2cnccc2NN)n1. The van der Waals surface area contributed by atoms with Crippen molar-refractivity contribution in [1.29, 1.82) is 0 Å². The molecule has 2 aromatic heterocycles. The molecular weight excluding hydrogens is 220 g/mol. The number of aryl methyl sites for hydroxylation is 1. The van der Waals surface area contributed by atoms with Gasteiger partial charge in [0.2, 0.25) is 0 Å². The number of rotatable bonds is 3. The molecule has 2 heterocycles. The summed E-state index contributed by atoms with van der Waals surface area (Å²) in [5.41, 5.74) is 3.31. The summed E-state index contributed by atoms with van der Waals surface area (Å²) in [7, 11) is 1.77. The van der Waals surface area contributed by atoms with E-state index in [0.29, 0.717) is 17.1 Å². The standard InChI is InChI=1S/C10H12N6O/c1-16-5-3-9(15-16)13-10(17)7-6-12-4-2-8(7)14-11/h2-6H,11H2,1H3,(H,12,14)(H,13,15,17). The highest BCUT2D eigenvalue weighted by Crippen LogP contribution is 2.13. The lowest BCUT2D eigenvalue weighted by Gasteiger charge is -2.06. The summed E-state index contributed by atoms with van der Waals surface area (Å²) < 4.78 is 1.60. The maximum absolute atomic E-state index is 11.9. The zero-order chi connectivity index (χ0) is 12.3. The Morgan fingerprint density at radius 3 is 2.94 bits per heavy atom. The largest absolute Gasteiger partial charge is 0.323 e. The Labute approximate surface area is 97.6 Å². The monoisotopic (exact) mass is 232 g/mol. The number of nitrogen functional groups attached to an aromatic ring is 1. The van der Waals surface area contributed by atoms with Gasteiger partial charge < -0.3 is 10.7 Å². The van der Waals surface area contributed by atoms with E-state index in [4.69, 9.17) is 5.84 Å². The van der Waals surface area contributed by atoms with Crippen LogP contribution in [0.3, 0.4) is 0 Å². The van der Waals surface area contributed by atoms with E-state index >= 15 is 0 Å². The van der Waals surface area contributed by atoms with Crippen molar-refractivity contribution in [3.63, 3.8) is 0 Å². The molecule has 0 aromatic carbocycles. The molecule has 1 amide bonds. The summed E-state index contributed by atoms with van der Waals surface area (Å²) in [6.45, 7) is 0. The van der Waals surface area contributed by atoms with E-state index in [-0.39, 0.29) is 5.91 Å². The van der Waals surface area contributed by atoms with Gasteiger partial charge in [0.05, 0.1) is 11.3 Å². The minimum atomic E-state index is -0.315. The molecule has 0 saturated carbocycles. The summed E-state index contributed by atoms with van der Waals surface area (Å²) in [5, 5.41) is 6.69. The number of aromatic nitrogens is 3. The van der Waals surface area contributed by atoms with Crippen LogP contribution in [0.15, 0.2) is 30.7 Å². The van der Waals surface area contributed by atoms with Gasteiger partial charge in [-0.25, -0.2) is 0 Å². The van der Waals surface area contributed by atoms with Crippen LogP contribution in [0, 0.1) is 0 Å². The Bertz CT molecular complexity index is 535. The van der Waals surface area contributed by atoms with Crippen molar-refractivity contribution in [2.24, 2.45) is 12.9 Å². The number of nitrogens with two attached hydrogens (primary N) is 1. The molecule has 0 fully saturated rings. The van der Waals surface area contributed by atoms with Crippen molar-refractivity contribution < 1.29 is 4.79 Å². The second kappa shape index (κ2) is 4.62. The van der Waals surface area contributed by atoms with Crippen molar-refractivity contribution in [3.05, 3.63) is 36.3 Å². The van der Waals surface area contributed by atoms with Crippen molar-refractivity contribution in [2.45, 2.75) is 0 Å². The highest BCUT2D eigenvalue weighted by Gasteiger charge is 2.11. The van der Waals surface area contributed by atoms with E-state index in [0.717, 1.165) is 0 Å². The quantitative estimate of drug-likeness (QED) is 0.524. The van der Waals surface area contributed by atoms with Crippen LogP contribution in [-0.4, -0.2) is 20.7 Å². The summed E-state index contributed by atoms with van der Waals surface area (Å²) in [5.74, 6) is 5.47. The molecule has 0 aliphatic rings. The van der Waals surface area contributed by atoms with Gasteiger partial charge in [0, 0.05) is 31.7 Å². The number of hydrogen-bond acceptors (Lipinski definition) is 5. The molecular formula is C10H12N6O. The summed E-state index contributed by atoms with van der Waals surface area (Å²) >= 11 is 0. The summed E-state index contributed by atoms with van der Waals surface area (Å²) in [4.78, 5) is 15.8. The van der Waals surface area contributed by atoms with Crippen molar-refractivity contribution >= 4 is 17.4 Å². The van der Waals surface area contributed by atoms with Gasteiger partial charge in [-0.3, -0.25) is 20.3 Å². The maximum atomic E-state index is 11.9. The van der Waals surface area contributed by atoms with E-state index in [9.17, 15) is 4.79 Å². The van der Waals surface area contributed by atoms with E-state index in [2.05, 4.69) is 20.8 Å². The summed E-state index contributed by atoms with van der Waals surface area (Å²) in [6.07, 6.45) is 4.72. The third-order valence-electron chi connectivity index (χ3n) is 2.18. The van der Waals surface area contributed by atoms with Crippen LogP contribution >= 0.6 is 0 Å². The lowest BCUT2D eigenvalue weighted by atomic mass is 10.2. The zero-order valence-electron chi connectivity index (χ0n) is 9.21. The molecule has 17 heavy (non-hydrogen) atoms. The van der Waals surface area contributed by atoms with Crippen molar-refractivity contribution in [1.82, 2.24) is 14.8 Å². The predicted octanol–water partition coefficient (Wildman–Crippen LogP) is 0.353. The molecule has 0 radical (unpaired) electrons. The molecule has 2 aromatic rings. The Balaban J connectivity index is 2.20.